The van der Waals surface area contributed by atoms with Gasteiger partial charge >= 0.3 is 7.12 Å². The van der Waals surface area contributed by atoms with Crippen LogP contribution in [0.1, 0.15) is 5.69 Å². The second-order valence-corrected chi connectivity index (χ2v) is 1.93. The van der Waals surface area contributed by atoms with Gasteiger partial charge in [-0.05, 0) is 13.0 Å². The molecule has 1 aromatic heterocycles. The largest absolute Gasteiger partial charge is 0.528 e. The van der Waals surface area contributed by atoms with Gasteiger partial charge in [0.05, 0.1) is 0 Å². The average Bonchev–Trinajstić information content (AvgIpc) is 1.88. The van der Waals surface area contributed by atoms with Crippen LogP contribution in [0.2, 0.25) is 0 Å². The molecular formula is C5H7BN2O2. The van der Waals surface area contributed by atoms with Crippen molar-refractivity contribution >= 4 is 12.8 Å². The molecule has 5 heteroatoms. The molecule has 0 saturated carbocycles. The normalized spacial score (nSPS) is 9.50. The lowest BCUT2D eigenvalue weighted by molar-refractivity contribution is 0.422. The first-order valence-corrected chi connectivity index (χ1v) is 2.86. The highest BCUT2D eigenvalue weighted by molar-refractivity contribution is 6.56. The molecule has 0 aliphatic rings. The van der Waals surface area contributed by atoms with Crippen LogP contribution in [0.15, 0.2) is 12.3 Å². The van der Waals surface area contributed by atoms with Gasteiger partial charge in [0.1, 0.15) is 0 Å². The summed E-state index contributed by atoms with van der Waals surface area (Å²) in [6.07, 6.45) is 1.48. The van der Waals surface area contributed by atoms with Gasteiger partial charge in [0, 0.05) is 11.9 Å². The van der Waals surface area contributed by atoms with Crippen molar-refractivity contribution in [1.29, 1.82) is 0 Å². The van der Waals surface area contributed by atoms with E-state index in [1.807, 2.05) is 0 Å². The van der Waals surface area contributed by atoms with Crippen molar-refractivity contribution in [3.05, 3.63) is 18.0 Å². The van der Waals surface area contributed by atoms with Gasteiger partial charge in [0.15, 0.2) is 5.72 Å². The minimum absolute atomic E-state index is 0.0417. The Kier molecular flexibility index (Phi) is 1.98. The summed E-state index contributed by atoms with van der Waals surface area (Å²) in [5, 5.41) is 17.2. The maximum Gasteiger partial charge on any atom is 0.528 e. The zero-order chi connectivity index (χ0) is 7.56. The summed E-state index contributed by atoms with van der Waals surface area (Å²) in [6, 6.07) is 1.69. The van der Waals surface area contributed by atoms with Crippen LogP contribution >= 0.6 is 0 Å². The molecule has 1 rings (SSSR count). The van der Waals surface area contributed by atoms with E-state index in [-0.39, 0.29) is 5.72 Å². The summed E-state index contributed by atoms with van der Waals surface area (Å²) < 4.78 is 0. The summed E-state index contributed by atoms with van der Waals surface area (Å²) in [5.74, 6) is 0. The molecule has 0 bridgehead atoms. The molecular weight excluding hydrogens is 131 g/mol. The molecule has 0 fully saturated rings. The molecule has 0 unspecified atom stereocenters. The second-order valence-electron chi connectivity index (χ2n) is 1.93. The first kappa shape index (κ1) is 7.18. The van der Waals surface area contributed by atoms with Crippen LogP contribution in [-0.2, 0) is 0 Å². The van der Waals surface area contributed by atoms with E-state index in [4.69, 9.17) is 10.0 Å². The molecule has 1 aromatic rings. The van der Waals surface area contributed by atoms with E-state index >= 15 is 0 Å². The van der Waals surface area contributed by atoms with Gasteiger partial charge in [-0.3, -0.25) is 0 Å². The molecule has 0 radical (unpaired) electrons. The smallest absolute Gasteiger partial charge is 0.421 e. The predicted molar refractivity (Wildman–Crippen MR) is 36.6 cm³/mol. The molecule has 0 amide bonds. The number of hydrogen-bond acceptors (Lipinski definition) is 4. The van der Waals surface area contributed by atoms with Crippen molar-refractivity contribution in [3.8, 4) is 0 Å². The lowest BCUT2D eigenvalue weighted by atomic mass is 9.91. The molecule has 4 nitrogen and oxygen atoms in total. The molecule has 0 aliphatic carbocycles. The van der Waals surface area contributed by atoms with E-state index in [1.54, 1.807) is 13.0 Å². The molecule has 0 aromatic carbocycles. The van der Waals surface area contributed by atoms with Gasteiger partial charge in [-0.15, -0.1) is 0 Å². The highest BCUT2D eigenvalue weighted by Crippen LogP contribution is 1.83. The Hall–Kier alpha value is -0.935. The third-order valence-electron chi connectivity index (χ3n) is 1.04. The van der Waals surface area contributed by atoms with Gasteiger partial charge in [-0.1, -0.05) is 0 Å². The fourth-order valence-electron chi connectivity index (χ4n) is 0.593. The van der Waals surface area contributed by atoms with Crippen molar-refractivity contribution in [1.82, 2.24) is 9.97 Å². The molecule has 10 heavy (non-hydrogen) atoms. The minimum Gasteiger partial charge on any atom is -0.421 e. The van der Waals surface area contributed by atoms with E-state index in [0.717, 1.165) is 5.69 Å². The van der Waals surface area contributed by atoms with Gasteiger partial charge < -0.3 is 10.0 Å². The Bertz CT molecular complexity index is 229. The fraction of sp³-hybridized carbons (Fsp3) is 0.200. The van der Waals surface area contributed by atoms with Crippen molar-refractivity contribution in [3.63, 3.8) is 0 Å². The highest BCUT2D eigenvalue weighted by Gasteiger charge is 2.13. The Morgan fingerprint density at radius 2 is 2.20 bits per heavy atom. The van der Waals surface area contributed by atoms with E-state index in [9.17, 15) is 0 Å². The number of aryl methyl sites for hydroxylation is 1. The molecule has 0 spiro atoms. The predicted octanol–water partition coefficient (Wildman–Crippen LogP) is -1.54. The van der Waals surface area contributed by atoms with Crippen LogP contribution in [0.25, 0.3) is 0 Å². The Morgan fingerprint density at radius 3 is 2.60 bits per heavy atom. The first-order chi connectivity index (χ1) is 4.70. The maximum atomic E-state index is 8.58. The first-order valence-electron chi connectivity index (χ1n) is 2.86. The van der Waals surface area contributed by atoms with Gasteiger partial charge in [-0.2, -0.15) is 0 Å². The van der Waals surface area contributed by atoms with Crippen molar-refractivity contribution in [2.75, 3.05) is 0 Å². The zero-order valence-corrected chi connectivity index (χ0v) is 5.52. The van der Waals surface area contributed by atoms with Gasteiger partial charge in [0.25, 0.3) is 0 Å². The number of rotatable bonds is 1. The van der Waals surface area contributed by atoms with Crippen LogP contribution < -0.4 is 5.72 Å². The van der Waals surface area contributed by atoms with Crippen LogP contribution in [0, 0.1) is 6.92 Å². The molecule has 1 heterocycles. The van der Waals surface area contributed by atoms with Gasteiger partial charge in [-0.25, -0.2) is 9.97 Å². The SMILES string of the molecule is Cc1ccnc(B(O)O)n1. The fourth-order valence-corrected chi connectivity index (χ4v) is 0.593. The van der Waals surface area contributed by atoms with Crippen molar-refractivity contribution in [2.45, 2.75) is 6.92 Å². The van der Waals surface area contributed by atoms with E-state index in [2.05, 4.69) is 9.97 Å². The van der Waals surface area contributed by atoms with Crippen LogP contribution in [0.3, 0.4) is 0 Å². The zero-order valence-electron chi connectivity index (χ0n) is 5.52. The lowest BCUT2D eigenvalue weighted by Gasteiger charge is -1.96. The van der Waals surface area contributed by atoms with Crippen molar-refractivity contribution < 1.29 is 10.0 Å². The second kappa shape index (κ2) is 2.77. The molecule has 0 atom stereocenters. The molecule has 0 saturated heterocycles. The lowest BCUT2D eigenvalue weighted by Crippen LogP contribution is -2.35. The Labute approximate surface area is 58.7 Å². The quantitative estimate of drug-likeness (QED) is 0.461. The summed E-state index contributed by atoms with van der Waals surface area (Å²) in [5.41, 5.74) is 0.762. The maximum absolute atomic E-state index is 8.58. The summed E-state index contributed by atoms with van der Waals surface area (Å²) in [7, 11) is -1.57. The molecule has 52 valence electrons. The summed E-state index contributed by atoms with van der Waals surface area (Å²) >= 11 is 0. The Balaban J connectivity index is 2.96. The topological polar surface area (TPSA) is 66.2 Å². The highest BCUT2D eigenvalue weighted by atomic mass is 16.4. The van der Waals surface area contributed by atoms with E-state index in [1.165, 1.54) is 6.20 Å². The number of hydrogen-bond donors (Lipinski definition) is 2. The van der Waals surface area contributed by atoms with E-state index < -0.39 is 7.12 Å². The van der Waals surface area contributed by atoms with Crippen LogP contribution in [0.5, 0.6) is 0 Å². The van der Waals surface area contributed by atoms with Crippen molar-refractivity contribution in [2.24, 2.45) is 0 Å². The third-order valence-corrected chi connectivity index (χ3v) is 1.04. The number of nitrogens with zero attached hydrogens (tertiary/aromatic N) is 2. The van der Waals surface area contributed by atoms with E-state index in [0.29, 0.717) is 0 Å². The van der Waals surface area contributed by atoms with Crippen LogP contribution in [0.4, 0.5) is 0 Å². The summed E-state index contributed by atoms with van der Waals surface area (Å²) in [6.45, 7) is 1.76. The molecule has 2 N–H and O–H groups in total. The standard InChI is InChI=1S/C5H7BN2O2/c1-4-2-3-7-5(8-4)6(9)10/h2-3,9-10H,1H3. The Morgan fingerprint density at radius 1 is 1.50 bits per heavy atom. The number of aromatic nitrogens is 2. The third kappa shape index (κ3) is 1.52. The monoisotopic (exact) mass is 138 g/mol. The summed E-state index contributed by atoms with van der Waals surface area (Å²) in [4.78, 5) is 7.39. The van der Waals surface area contributed by atoms with Crippen LogP contribution in [-0.4, -0.2) is 27.1 Å². The average molecular weight is 138 g/mol. The minimum atomic E-state index is -1.57. The molecule has 0 aliphatic heterocycles. The van der Waals surface area contributed by atoms with Gasteiger partial charge in [0.2, 0.25) is 0 Å².